The summed E-state index contributed by atoms with van der Waals surface area (Å²) in [5, 5.41) is 1.18. The topological polar surface area (TPSA) is 11.4 Å². The number of hydrogen-bond acceptors (Lipinski definition) is 2. The average molecular weight is 736 g/mol. The van der Waals surface area contributed by atoms with Crippen molar-refractivity contribution in [1.82, 2.24) is 4.57 Å². The van der Waals surface area contributed by atoms with Gasteiger partial charge in [-0.2, -0.15) is 0 Å². The van der Waals surface area contributed by atoms with Gasteiger partial charge in [-0.05, 0) is 119 Å². The molecule has 1 aromatic heterocycles. The first kappa shape index (κ1) is 35.6. The van der Waals surface area contributed by atoms with E-state index in [0.29, 0.717) is 0 Å². The van der Waals surface area contributed by atoms with E-state index in [4.69, 9.17) is 0 Å². The zero-order valence-electron chi connectivity index (χ0n) is 32.6. The quantitative estimate of drug-likeness (QED) is 0.146. The Labute approximate surface area is 336 Å². The minimum Gasteiger partial charge on any atom is -0.310 e. The van der Waals surface area contributed by atoms with E-state index < -0.39 is 0 Å². The molecule has 0 saturated heterocycles. The number of rotatable bonds is 9. The van der Waals surface area contributed by atoms with Crippen LogP contribution in [0.15, 0.2) is 218 Å². The number of aromatic nitrogens is 1. The van der Waals surface area contributed by atoms with Crippen LogP contribution in [-0.4, -0.2) is 4.57 Å². The van der Waals surface area contributed by atoms with Crippen LogP contribution in [0.5, 0.6) is 0 Å². The highest BCUT2D eigenvalue weighted by atomic mass is 15.2. The molecule has 0 amide bonds. The molecule has 8 aromatic carbocycles. The van der Waals surface area contributed by atoms with Gasteiger partial charge in [0.15, 0.2) is 0 Å². The molecule has 9 rings (SSSR count). The normalized spacial score (nSPS) is 11.4. The van der Waals surface area contributed by atoms with Gasteiger partial charge in [0, 0.05) is 45.1 Å². The van der Waals surface area contributed by atoms with Gasteiger partial charge < -0.3 is 14.4 Å². The lowest BCUT2D eigenvalue weighted by molar-refractivity contribution is 0.590. The maximum atomic E-state index is 2.41. The van der Waals surface area contributed by atoms with E-state index in [1.54, 1.807) is 0 Å². The molecule has 0 aliphatic carbocycles. The van der Waals surface area contributed by atoms with E-state index >= 15 is 0 Å². The predicted molar refractivity (Wildman–Crippen MR) is 242 cm³/mol. The fourth-order valence-electron chi connectivity index (χ4n) is 7.86. The van der Waals surface area contributed by atoms with E-state index in [2.05, 4.69) is 254 Å². The zero-order chi connectivity index (χ0) is 38.8. The molecule has 0 aliphatic rings. The molecule has 0 fully saturated rings. The fourth-order valence-corrected chi connectivity index (χ4v) is 7.86. The first-order valence-electron chi connectivity index (χ1n) is 19.7. The van der Waals surface area contributed by atoms with Crippen LogP contribution in [-0.2, 0) is 5.41 Å². The van der Waals surface area contributed by atoms with Crippen molar-refractivity contribution in [2.45, 2.75) is 26.2 Å². The minimum atomic E-state index is 0.0741. The summed E-state index contributed by atoms with van der Waals surface area (Å²) in [5.41, 5.74) is 14.9. The molecule has 0 bridgehead atoms. The largest absolute Gasteiger partial charge is 0.310 e. The van der Waals surface area contributed by atoms with Gasteiger partial charge in [-0.3, -0.25) is 0 Å². The van der Waals surface area contributed by atoms with Gasteiger partial charge >= 0.3 is 0 Å². The average Bonchev–Trinajstić information content (AvgIpc) is 3.65. The monoisotopic (exact) mass is 735 g/mol. The number of nitrogens with zero attached hydrogens (tertiary/aromatic N) is 3. The van der Waals surface area contributed by atoms with Crippen LogP contribution >= 0.6 is 0 Å². The standard InChI is InChI=1S/C54H45N3/c1-54(2,3)43-30-32-48(33-31-43)57-51-35-29-41(37-42(51)38-53(57)40-19-9-4-10-20-40)50-39-49(55(44-21-11-5-12-22-44)45-23-13-6-14-24-45)34-36-52(50)56(46-25-15-7-16-26-46)47-27-17-8-18-28-47/h4-39H,1-3H3. The maximum absolute atomic E-state index is 2.41. The van der Waals surface area contributed by atoms with Crippen LogP contribution < -0.4 is 9.80 Å². The van der Waals surface area contributed by atoms with E-state index in [1.165, 1.54) is 16.5 Å². The van der Waals surface area contributed by atoms with Gasteiger partial charge in [0.2, 0.25) is 0 Å². The summed E-state index contributed by atoms with van der Waals surface area (Å²) in [5.74, 6) is 0. The van der Waals surface area contributed by atoms with E-state index in [0.717, 1.165) is 62.1 Å². The summed E-state index contributed by atoms with van der Waals surface area (Å²) in [6.07, 6.45) is 0. The Bertz CT molecular complexity index is 2650. The second kappa shape index (κ2) is 15.2. The first-order chi connectivity index (χ1) is 27.9. The molecular formula is C54H45N3. The van der Waals surface area contributed by atoms with Crippen molar-refractivity contribution in [1.29, 1.82) is 0 Å². The number of para-hydroxylation sites is 4. The molecule has 3 heteroatoms. The molecule has 0 atom stereocenters. The third kappa shape index (κ3) is 7.12. The van der Waals surface area contributed by atoms with Gasteiger partial charge in [0.25, 0.3) is 0 Å². The Morgan fingerprint density at radius 2 is 0.877 bits per heavy atom. The van der Waals surface area contributed by atoms with Crippen molar-refractivity contribution in [3.8, 4) is 28.1 Å². The molecule has 57 heavy (non-hydrogen) atoms. The lowest BCUT2D eigenvalue weighted by Gasteiger charge is -2.30. The Hall–Kier alpha value is -7.10. The van der Waals surface area contributed by atoms with Crippen molar-refractivity contribution in [3.05, 3.63) is 224 Å². The SMILES string of the molecule is CC(C)(C)c1ccc(-n2c(-c3ccccc3)cc3cc(-c4cc(N(c5ccccc5)c5ccccc5)ccc4N(c4ccccc4)c4ccccc4)ccc32)cc1. The van der Waals surface area contributed by atoms with Gasteiger partial charge in [-0.15, -0.1) is 0 Å². The summed E-state index contributed by atoms with van der Waals surface area (Å²) in [6, 6.07) is 78.6. The summed E-state index contributed by atoms with van der Waals surface area (Å²) < 4.78 is 2.41. The molecule has 276 valence electrons. The lowest BCUT2D eigenvalue weighted by atomic mass is 9.87. The summed E-state index contributed by atoms with van der Waals surface area (Å²) >= 11 is 0. The molecule has 0 unspecified atom stereocenters. The van der Waals surface area contributed by atoms with Gasteiger partial charge in [-0.1, -0.05) is 142 Å². The van der Waals surface area contributed by atoms with Crippen LogP contribution in [0.1, 0.15) is 26.3 Å². The smallest absolute Gasteiger partial charge is 0.0541 e. The molecule has 9 aromatic rings. The molecular weight excluding hydrogens is 691 g/mol. The van der Waals surface area contributed by atoms with Crippen molar-refractivity contribution in [3.63, 3.8) is 0 Å². The lowest BCUT2D eigenvalue weighted by Crippen LogP contribution is -2.13. The van der Waals surface area contributed by atoms with Gasteiger partial charge in [0.1, 0.15) is 0 Å². The van der Waals surface area contributed by atoms with Crippen LogP contribution in [0.2, 0.25) is 0 Å². The van der Waals surface area contributed by atoms with Crippen molar-refractivity contribution < 1.29 is 0 Å². The molecule has 0 saturated carbocycles. The van der Waals surface area contributed by atoms with E-state index in [1.807, 2.05) is 0 Å². The fraction of sp³-hybridized carbons (Fsp3) is 0.0741. The van der Waals surface area contributed by atoms with E-state index in [9.17, 15) is 0 Å². The van der Waals surface area contributed by atoms with Crippen molar-refractivity contribution in [2.75, 3.05) is 9.80 Å². The predicted octanol–water partition coefficient (Wildman–Crippen LogP) is 15.2. The summed E-state index contributed by atoms with van der Waals surface area (Å²) in [4.78, 5) is 4.71. The highest BCUT2D eigenvalue weighted by molar-refractivity contribution is 5.97. The van der Waals surface area contributed by atoms with Crippen molar-refractivity contribution >= 4 is 45.0 Å². The Morgan fingerprint density at radius 1 is 0.386 bits per heavy atom. The Morgan fingerprint density at radius 3 is 1.39 bits per heavy atom. The number of anilines is 6. The number of hydrogen-bond donors (Lipinski definition) is 0. The first-order valence-corrected chi connectivity index (χ1v) is 19.7. The Kier molecular flexibility index (Phi) is 9.49. The highest BCUT2D eigenvalue weighted by Gasteiger charge is 2.22. The number of fused-ring (bicyclic) bond motifs is 1. The summed E-state index contributed by atoms with van der Waals surface area (Å²) in [7, 11) is 0. The van der Waals surface area contributed by atoms with Crippen LogP contribution in [0, 0.1) is 0 Å². The molecule has 0 spiro atoms. The van der Waals surface area contributed by atoms with Crippen LogP contribution in [0.4, 0.5) is 34.1 Å². The summed E-state index contributed by atoms with van der Waals surface area (Å²) in [6.45, 7) is 6.80. The third-order valence-electron chi connectivity index (χ3n) is 10.7. The molecule has 0 N–H and O–H groups in total. The minimum absolute atomic E-state index is 0.0741. The molecule has 1 heterocycles. The van der Waals surface area contributed by atoms with Crippen LogP contribution in [0.3, 0.4) is 0 Å². The van der Waals surface area contributed by atoms with E-state index in [-0.39, 0.29) is 5.41 Å². The molecule has 3 nitrogen and oxygen atoms in total. The van der Waals surface area contributed by atoms with Gasteiger partial charge in [0.05, 0.1) is 16.9 Å². The Balaban J connectivity index is 1.28. The second-order valence-electron chi connectivity index (χ2n) is 15.5. The maximum Gasteiger partial charge on any atom is 0.0541 e. The van der Waals surface area contributed by atoms with Crippen LogP contribution in [0.25, 0.3) is 39.0 Å². The van der Waals surface area contributed by atoms with Crippen molar-refractivity contribution in [2.24, 2.45) is 0 Å². The highest BCUT2D eigenvalue weighted by Crippen LogP contribution is 2.46. The van der Waals surface area contributed by atoms with Gasteiger partial charge in [-0.25, -0.2) is 0 Å². The molecule has 0 aliphatic heterocycles. The molecule has 0 radical (unpaired) electrons. The number of benzene rings is 8. The third-order valence-corrected chi connectivity index (χ3v) is 10.7. The second-order valence-corrected chi connectivity index (χ2v) is 15.5. The zero-order valence-corrected chi connectivity index (χ0v) is 32.6.